The molecule has 0 saturated carbocycles. The number of quaternary nitrogens is 2. The van der Waals surface area contributed by atoms with E-state index in [0.29, 0.717) is 12.0 Å². The van der Waals surface area contributed by atoms with Gasteiger partial charge in [-0.2, -0.15) is 0 Å². The van der Waals surface area contributed by atoms with E-state index in [1.165, 1.54) is 57.7 Å². The number of nitrogens with zero attached hydrogens (tertiary/aromatic N) is 3. The summed E-state index contributed by atoms with van der Waals surface area (Å²) in [4.78, 5) is 3.35. The van der Waals surface area contributed by atoms with Gasteiger partial charge in [0.1, 0.15) is 12.4 Å². The minimum atomic E-state index is 0.405. The summed E-state index contributed by atoms with van der Waals surface area (Å²) in [6, 6.07) is 4.48. The summed E-state index contributed by atoms with van der Waals surface area (Å²) in [6.07, 6.45) is 7.02. The van der Waals surface area contributed by atoms with Crippen LogP contribution in [0.1, 0.15) is 63.1 Å². The van der Waals surface area contributed by atoms with E-state index in [1.807, 2.05) is 17.8 Å². The van der Waals surface area contributed by atoms with Gasteiger partial charge in [-0.05, 0) is 38.8 Å². The molecule has 2 N–H and O–H groups in total. The summed E-state index contributed by atoms with van der Waals surface area (Å²) in [5.41, 5.74) is 0. The lowest BCUT2D eigenvalue weighted by molar-refractivity contribution is -0.921. The number of furan rings is 1. The van der Waals surface area contributed by atoms with Crippen molar-refractivity contribution in [1.29, 1.82) is 0 Å². The largest absolute Gasteiger partial charge is 0.463 e. The molecule has 2 aliphatic heterocycles. The van der Waals surface area contributed by atoms with E-state index in [4.69, 9.17) is 9.52 Å². The van der Waals surface area contributed by atoms with Crippen LogP contribution < -0.4 is 9.80 Å². The average molecular weight is 406 g/mol. The molecule has 0 bridgehead atoms. The molecule has 0 aliphatic carbocycles. The molecule has 1 unspecified atom stereocenters. The van der Waals surface area contributed by atoms with E-state index in [9.17, 15) is 0 Å². The zero-order chi connectivity index (χ0) is 19.3. The average Bonchev–Trinajstić information content (AvgIpc) is 3.44. The standard InChI is InChI=1S/C21H33N5OS/c1-17(2)26-20(22-23-21(26)28-14-12-24-9-3-4-10-24)18-7-5-11-25(15-18)16-19-8-6-13-27-19/h6,8,13,17-18H,3-5,7,9-12,14-16H2,1-2H3/p+2/t18-/m0/s1. The first kappa shape index (κ1) is 20.0. The summed E-state index contributed by atoms with van der Waals surface area (Å²) in [6.45, 7) is 11.8. The van der Waals surface area contributed by atoms with Crippen LogP contribution in [0.15, 0.2) is 28.0 Å². The predicted octanol–water partition coefficient (Wildman–Crippen LogP) is 1.19. The fourth-order valence-electron chi connectivity index (χ4n) is 4.75. The number of aromatic nitrogens is 3. The Kier molecular flexibility index (Phi) is 6.75. The van der Waals surface area contributed by atoms with Crippen LogP contribution in [0.5, 0.6) is 0 Å². The van der Waals surface area contributed by atoms with E-state index in [1.54, 1.807) is 16.1 Å². The zero-order valence-electron chi connectivity index (χ0n) is 17.3. The first-order valence-electron chi connectivity index (χ1n) is 11.0. The smallest absolute Gasteiger partial charge is 0.191 e. The number of thioether (sulfide) groups is 1. The van der Waals surface area contributed by atoms with Gasteiger partial charge in [-0.3, -0.25) is 0 Å². The highest BCUT2D eigenvalue weighted by Gasteiger charge is 2.30. The second-order valence-corrected chi connectivity index (χ2v) is 9.72. The molecule has 4 rings (SSSR count). The third-order valence-corrected chi connectivity index (χ3v) is 7.14. The Labute approximate surface area is 172 Å². The number of piperidine rings is 1. The van der Waals surface area contributed by atoms with E-state index in [2.05, 4.69) is 29.6 Å². The van der Waals surface area contributed by atoms with E-state index >= 15 is 0 Å². The Balaban J connectivity index is 1.40. The van der Waals surface area contributed by atoms with Gasteiger partial charge in [-0.15, -0.1) is 10.2 Å². The molecule has 28 heavy (non-hydrogen) atoms. The summed E-state index contributed by atoms with van der Waals surface area (Å²) in [5, 5.41) is 10.4. The van der Waals surface area contributed by atoms with Crippen molar-refractivity contribution in [3.05, 3.63) is 30.0 Å². The Hall–Kier alpha value is -1.31. The van der Waals surface area contributed by atoms with Crippen LogP contribution in [-0.2, 0) is 6.54 Å². The molecule has 0 aromatic carbocycles. The number of hydrogen-bond acceptors (Lipinski definition) is 4. The maximum absolute atomic E-state index is 5.57. The Morgan fingerprint density at radius 2 is 2.00 bits per heavy atom. The molecule has 2 aromatic rings. The molecule has 7 heteroatoms. The van der Waals surface area contributed by atoms with Gasteiger partial charge in [0.05, 0.1) is 50.7 Å². The molecule has 0 amide bonds. The lowest BCUT2D eigenvalue weighted by Crippen LogP contribution is -3.12. The summed E-state index contributed by atoms with van der Waals surface area (Å²) in [7, 11) is 0. The van der Waals surface area contributed by atoms with Crippen molar-refractivity contribution in [1.82, 2.24) is 14.8 Å². The highest BCUT2D eigenvalue weighted by Crippen LogP contribution is 2.28. The van der Waals surface area contributed by atoms with Crippen LogP contribution in [0, 0.1) is 0 Å². The fourth-order valence-corrected chi connectivity index (χ4v) is 5.87. The molecule has 154 valence electrons. The van der Waals surface area contributed by atoms with E-state index < -0.39 is 0 Å². The number of hydrogen-bond donors (Lipinski definition) is 2. The van der Waals surface area contributed by atoms with E-state index in [-0.39, 0.29) is 0 Å². The molecule has 4 heterocycles. The second-order valence-electron chi connectivity index (χ2n) is 8.66. The van der Waals surface area contributed by atoms with Crippen LogP contribution in [0.3, 0.4) is 0 Å². The zero-order valence-corrected chi connectivity index (χ0v) is 18.1. The molecular weight excluding hydrogens is 370 g/mol. The summed E-state index contributed by atoms with van der Waals surface area (Å²) in [5.74, 6) is 3.91. The van der Waals surface area contributed by atoms with Gasteiger partial charge in [-0.25, -0.2) is 0 Å². The fraction of sp³-hybridized carbons (Fsp3) is 0.714. The Morgan fingerprint density at radius 3 is 2.75 bits per heavy atom. The minimum Gasteiger partial charge on any atom is -0.463 e. The first-order chi connectivity index (χ1) is 13.7. The van der Waals surface area contributed by atoms with Crippen molar-refractivity contribution in [3.63, 3.8) is 0 Å². The number of nitrogens with one attached hydrogen (secondary N) is 2. The minimum absolute atomic E-state index is 0.405. The van der Waals surface area contributed by atoms with Crippen LogP contribution in [0.4, 0.5) is 0 Å². The van der Waals surface area contributed by atoms with Crippen molar-refractivity contribution < 1.29 is 14.2 Å². The molecular formula is C21H35N5OS+2. The van der Waals surface area contributed by atoms with Crippen LogP contribution >= 0.6 is 11.8 Å². The molecule has 6 nitrogen and oxygen atoms in total. The SMILES string of the molecule is CC(C)n1c(SCC[NH+]2CCCC2)nnc1[C@H]1CCC[NH+](Cc2ccco2)C1. The van der Waals surface area contributed by atoms with E-state index in [0.717, 1.165) is 29.8 Å². The second kappa shape index (κ2) is 9.46. The number of likely N-dealkylation sites (tertiary alicyclic amines) is 2. The third-order valence-electron chi connectivity index (χ3n) is 6.19. The monoisotopic (exact) mass is 405 g/mol. The molecule has 2 aromatic heterocycles. The lowest BCUT2D eigenvalue weighted by atomic mass is 9.97. The molecule has 2 aliphatic rings. The van der Waals surface area contributed by atoms with Gasteiger partial charge in [0.2, 0.25) is 0 Å². The predicted molar refractivity (Wildman–Crippen MR) is 111 cm³/mol. The third kappa shape index (κ3) is 4.81. The summed E-state index contributed by atoms with van der Waals surface area (Å²) < 4.78 is 7.98. The van der Waals surface area contributed by atoms with Crippen molar-refractivity contribution in [3.8, 4) is 0 Å². The van der Waals surface area contributed by atoms with Crippen molar-refractivity contribution in [2.45, 2.75) is 63.2 Å². The van der Waals surface area contributed by atoms with Gasteiger partial charge in [0, 0.05) is 18.9 Å². The highest BCUT2D eigenvalue weighted by molar-refractivity contribution is 7.99. The maximum Gasteiger partial charge on any atom is 0.191 e. The molecule has 2 fully saturated rings. The molecule has 2 atom stereocenters. The maximum atomic E-state index is 5.57. The lowest BCUT2D eigenvalue weighted by Gasteiger charge is -2.29. The quantitative estimate of drug-likeness (QED) is 0.648. The number of rotatable bonds is 8. The van der Waals surface area contributed by atoms with Crippen LogP contribution in [0.2, 0.25) is 0 Å². The van der Waals surface area contributed by atoms with Crippen molar-refractivity contribution in [2.75, 3.05) is 38.5 Å². The van der Waals surface area contributed by atoms with Gasteiger partial charge >= 0.3 is 0 Å². The van der Waals surface area contributed by atoms with Crippen LogP contribution in [0.25, 0.3) is 0 Å². The van der Waals surface area contributed by atoms with Gasteiger partial charge in [0.25, 0.3) is 0 Å². The van der Waals surface area contributed by atoms with Gasteiger partial charge in [-0.1, -0.05) is 11.8 Å². The highest BCUT2D eigenvalue weighted by atomic mass is 32.2. The topological polar surface area (TPSA) is 52.7 Å². The molecule has 0 radical (unpaired) electrons. The van der Waals surface area contributed by atoms with Crippen molar-refractivity contribution >= 4 is 11.8 Å². The summed E-state index contributed by atoms with van der Waals surface area (Å²) >= 11 is 1.90. The van der Waals surface area contributed by atoms with Gasteiger partial charge in [0.15, 0.2) is 10.9 Å². The Morgan fingerprint density at radius 1 is 1.18 bits per heavy atom. The Bertz CT molecular complexity index is 723. The normalized spacial score (nSPS) is 23.7. The van der Waals surface area contributed by atoms with Gasteiger partial charge < -0.3 is 18.8 Å². The molecule has 0 spiro atoms. The first-order valence-corrected chi connectivity index (χ1v) is 12.0. The molecule has 2 saturated heterocycles. The van der Waals surface area contributed by atoms with Crippen LogP contribution in [-0.4, -0.2) is 53.2 Å². The van der Waals surface area contributed by atoms with Crippen molar-refractivity contribution in [2.24, 2.45) is 0 Å².